The van der Waals surface area contributed by atoms with E-state index in [1.807, 2.05) is 0 Å². The molecule has 0 spiro atoms. The molecule has 0 saturated carbocycles. The summed E-state index contributed by atoms with van der Waals surface area (Å²) in [5.41, 5.74) is 6.08. The molecule has 1 rings (SSSR count). The lowest BCUT2D eigenvalue weighted by Gasteiger charge is -2.12. The van der Waals surface area contributed by atoms with E-state index in [2.05, 4.69) is 4.72 Å². The summed E-state index contributed by atoms with van der Waals surface area (Å²) in [6.07, 6.45) is -0.193. The Morgan fingerprint density at radius 1 is 1.50 bits per heavy atom. The molecule has 0 heterocycles. The van der Waals surface area contributed by atoms with E-state index in [4.69, 9.17) is 22.1 Å². The predicted molar refractivity (Wildman–Crippen MR) is 71.0 cm³/mol. The smallest absolute Gasteiger partial charge is 0.240 e. The summed E-state index contributed by atoms with van der Waals surface area (Å²) in [7, 11) is -2.04. The summed E-state index contributed by atoms with van der Waals surface area (Å²) in [5.74, 6) is 0. The zero-order valence-corrected chi connectivity index (χ0v) is 11.9. The number of rotatable bonds is 6. The molecule has 1 atom stereocenters. The highest BCUT2D eigenvalue weighted by Gasteiger charge is 2.16. The first-order valence-corrected chi connectivity index (χ1v) is 7.27. The zero-order valence-electron chi connectivity index (χ0n) is 10.3. The predicted octanol–water partition coefficient (Wildman–Crippen LogP) is 1.11. The molecule has 18 heavy (non-hydrogen) atoms. The molecule has 5 nitrogen and oxygen atoms in total. The number of sulfonamides is 1. The van der Waals surface area contributed by atoms with Crippen LogP contribution < -0.4 is 10.5 Å². The third-order valence-electron chi connectivity index (χ3n) is 2.51. The molecule has 0 aromatic heterocycles. The van der Waals surface area contributed by atoms with Crippen molar-refractivity contribution in [3.8, 4) is 0 Å². The van der Waals surface area contributed by atoms with E-state index in [9.17, 15) is 8.42 Å². The van der Waals surface area contributed by atoms with Gasteiger partial charge in [-0.25, -0.2) is 13.1 Å². The Labute approximate surface area is 112 Å². The Morgan fingerprint density at radius 2 is 2.17 bits per heavy atom. The Balaban J connectivity index is 2.91. The maximum absolute atomic E-state index is 12.0. The number of hydrogen-bond donors (Lipinski definition) is 2. The fourth-order valence-corrected chi connectivity index (χ4v) is 2.63. The first-order valence-electron chi connectivity index (χ1n) is 5.41. The lowest BCUT2D eigenvalue weighted by Crippen LogP contribution is -2.31. The van der Waals surface area contributed by atoms with Gasteiger partial charge in [0.05, 0.1) is 11.0 Å². The number of benzene rings is 1. The second-order valence-corrected chi connectivity index (χ2v) is 6.03. The Kier molecular flexibility index (Phi) is 5.55. The van der Waals surface area contributed by atoms with Crippen molar-refractivity contribution in [3.63, 3.8) is 0 Å². The van der Waals surface area contributed by atoms with Crippen molar-refractivity contribution in [3.05, 3.63) is 28.8 Å². The van der Waals surface area contributed by atoms with Gasteiger partial charge in [0.1, 0.15) is 0 Å². The van der Waals surface area contributed by atoms with Gasteiger partial charge in [0, 0.05) is 25.2 Å². The van der Waals surface area contributed by atoms with E-state index < -0.39 is 10.0 Å². The van der Waals surface area contributed by atoms with Gasteiger partial charge in [-0.2, -0.15) is 0 Å². The number of halogens is 1. The molecule has 0 amide bonds. The van der Waals surface area contributed by atoms with Gasteiger partial charge >= 0.3 is 0 Å². The summed E-state index contributed by atoms with van der Waals surface area (Å²) >= 11 is 5.88. The van der Waals surface area contributed by atoms with Gasteiger partial charge < -0.3 is 10.5 Å². The Morgan fingerprint density at radius 3 is 2.72 bits per heavy atom. The highest BCUT2D eigenvalue weighted by atomic mass is 35.5. The van der Waals surface area contributed by atoms with Crippen LogP contribution in [0, 0.1) is 0 Å². The molecule has 0 fully saturated rings. The van der Waals surface area contributed by atoms with Crippen LogP contribution in [-0.2, 0) is 21.3 Å². The summed E-state index contributed by atoms with van der Waals surface area (Å²) < 4.78 is 31.4. The van der Waals surface area contributed by atoms with Crippen molar-refractivity contribution in [1.82, 2.24) is 4.72 Å². The molecule has 7 heteroatoms. The molecule has 0 radical (unpaired) electrons. The van der Waals surface area contributed by atoms with E-state index >= 15 is 0 Å². The summed E-state index contributed by atoms with van der Waals surface area (Å²) in [6, 6.07) is 4.45. The molecule has 102 valence electrons. The molecule has 1 unspecified atom stereocenters. The highest BCUT2D eigenvalue weighted by Crippen LogP contribution is 2.19. The van der Waals surface area contributed by atoms with Crippen LogP contribution in [0.2, 0.25) is 5.02 Å². The van der Waals surface area contributed by atoms with Crippen molar-refractivity contribution in [1.29, 1.82) is 0 Å². The summed E-state index contributed by atoms with van der Waals surface area (Å²) in [4.78, 5) is 0.149. The van der Waals surface area contributed by atoms with E-state index in [0.717, 1.165) is 0 Å². The second-order valence-electron chi connectivity index (χ2n) is 3.86. The van der Waals surface area contributed by atoms with E-state index in [1.54, 1.807) is 6.92 Å². The van der Waals surface area contributed by atoms with E-state index in [0.29, 0.717) is 10.6 Å². The van der Waals surface area contributed by atoms with Crippen molar-refractivity contribution < 1.29 is 13.2 Å². The lowest BCUT2D eigenvalue weighted by molar-refractivity contribution is 0.122. The van der Waals surface area contributed by atoms with Crippen LogP contribution in [0.4, 0.5) is 0 Å². The minimum Gasteiger partial charge on any atom is -0.380 e. The molecular weight excluding hydrogens is 276 g/mol. The molecule has 1 aromatic carbocycles. The summed E-state index contributed by atoms with van der Waals surface area (Å²) in [5, 5.41) is 0.460. The van der Waals surface area contributed by atoms with Crippen molar-refractivity contribution in [2.75, 3.05) is 13.7 Å². The average molecular weight is 293 g/mol. The fraction of sp³-hybridized carbons (Fsp3) is 0.455. The van der Waals surface area contributed by atoms with Crippen LogP contribution in [0.5, 0.6) is 0 Å². The van der Waals surface area contributed by atoms with Crippen LogP contribution >= 0.6 is 11.6 Å². The molecule has 0 bridgehead atoms. The highest BCUT2D eigenvalue weighted by molar-refractivity contribution is 7.89. The van der Waals surface area contributed by atoms with Crippen molar-refractivity contribution in [2.45, 2.75) is 24.5 Å². The minimum absolute atomic E-state index is 0.149. The van der Waals surface area contributed by atoms with Gasteiger partial charge in [-0.05, 0) is 30.7 Å². The summed E-state index contributed by atoms with van der Waals surface area (Å²) in [6.45, 7) is 2.17. The quantitative estimate of drug-likeness (QED) is 0.823. The van der Waals surface area contributed by atoms with Crippen LogP contribution in [0.1, 0.15) is 12.5 Å². The molecule has 0 aliphatic rings. The molecule has 1 aromatic rings. The first kappa shape index (κ1) is 15.4. The first-order chi connectivity index (χ1) is 8.40. The molecule has 0 aliphatic heterocycles. The third kappa shape index (κ3) is 3.93. The van der Waals surface area contributed by atoms with Crippen LogP contribution in [0.15, 0.2) is 23.1 Å². The third-order valence-corrected chi connectivity index (χ3v) is 4.30. The standard InChI is InChI=1S/C11H17ClN2O3S/c1-8(17-2)7-14-18(15,16)10-3-4-11(12)9(5-10)6-13/h3-5,8,14H,6-7,13H2,1-2H3. The molecule has 0 aliphatic carbocycles. The van der Waals surface area contributed by atoms with Crippen LogP contribution in [0.3, 0.4) is 0 Å². The largest absolute Gasteiger partial charge is 0.380 e. The molecule has 3 N–H and O–H groups in total. The minimum atomic E-state index is -3.56. The second kappa shape index (κ2) is 6.49. The van der Waals surface area contributed by atoms with E-state index in [-0.39, 0.29) is 24.1 Å². The Bertz CT molecular complexity index is 505. The van der Waals surface area contributed by atoms with Gasteiger partial charge in [0.2, 0.25) is 10.0 Å². The number of nitrogens with one attached hydrogen (secondary N) is 1. The topological polar surface area (TPSA) is 81.4 Å². The number of methoxy groups -OCH3 is 1. The zero-order chi connectivity index (χ0) is 13.8. The maximum atomic E-state index is 12.0. The van der Waals surface area contributed by atoms with Crippen molar-refractivity contribution >= 4 is 21.6 Å². The van der Waals surface area contributed by atoms with Gasteiger partial charge in [0.15, 0.2) is 0 Å². The van der Waals surface area contributed by atoms with E-state index in [1.165, 1.54) is 25.3 Å². The number of ether oxygens (including phenoxy) is 1. The van der Waals surface area contributed by atoms with Gasteiger partial charge in [-0.3, -0.25) is 0 Å². The molecular formula is C11H17ClN2O3S. The van der Waals surface area contributed by atoms with Gasteiger partial charge in [0.25, 0.3) is 0 Å². The SMILES string of the molecule is COC(C)CNS(=O)(=O)c1ccc(Cl)c(CN)c1. The number of nitrogens with two attached hydrogens (primary N) is 1. The average Bonchev–Trinajstić information content (AvgIpc) is 2.36. The van der Waals surface area contributed by atoms with Gasteiger partial charge in [-0.15, -0.1) is 0 Å². The molecule has 0 saturated heterocycles. The normalized spacial score (nSPS) is 13.6. The van der Waals surface area contributed by atoms with Crippen LogP contribution in [0.25, 0.3) is 0 Å². The maximum Gasteiger partial charge on any atom is 0.240 e. The van der Waals surface area contributed by atoms with Gasteiger partial charge in [-0.1, -0.05) is 11.6 Å². The van der Waals surface area contributed by atoms with Crippen molar-refractivity contribution in [2.24, 2.45) is 5.73 Å². The number of hydrogen-bond acceptors (Lipinski definition) is 4. The van der Waals surface area contributed by atoms with Crippen LogP contribution in [-0.4, -0.2) is 28.2 Å². The Hall–Kier alpha value is -0.660. The fourth-order valence-electron chi connectivity index (χ4n) is 1.27. The monoisotopic (exact) mass is 292 g/mol. The lowest BCUT2D eigenvalue weighted by atomic mass is 10.2.